The van der Waals surface area contributed by atoms with Gasteiger partial charge in [0.05, 0.1) is 19.2 Å². The quantitative estimate of drug-likeness (QED) is 0.139. The van der Waals surface area contributed by atoms with Crippen LogP contribution in [0.2, 0.25) is 0 Å². The molecule has 3 aliphatic rings. The van der Waals surface area contributed by atoms with Gasteiger partial charge in [0, 0.05) is 61.7 Å². The molecular formula is C43H46N6O4. The Morgan fingerprint density at radius 3 is 2.13 bits per heavy atom. The zero-order valence-corrected chi connectivity index (χ0v) is 30.3. The van der Waals surface area contributed by atoms with Gasteiger partial charge in [0.15, 0.2) is 0 Å². The molecule has 2 saturated heterocycles. The van der Waals surface area contributed by atoms with Crippen LogP contribution in [0.1, 0.15) is 37.3 Å². The number of hydrazone groups is 1. The summed E-state index contributed by atoms with van der Waals surface area (Å²) in [6.45, 7) is 8.98. The number of rotatable bonds is 12. The fourth-order valence-corrected chi connectivity index (χ4v) is 7.32. The predicted octanol–water partition coefficient (Wildman–Crippen LogP) is 6.93. The van der Waals surface area contributed by atoms with Crippen molar-refractivity contribution in [2.24, 2.45) is 5.10 Å². The smallest absolute Gasteiger partial charge is 0.255 e. The second-order valence-corrected chi connectivity index (χ2v) is 14.0. The third-order valence-electron chi connectivity index (χ3n) is 10.6. The predicted molar refractivity (Wildman–Crippen MR) is 207 cm³/mol. The van der Waals surface area contributed by atoms with Crippen LogP contribution in [0.25, 0.3) is 11.1 Å². The number of piperazine rings is 1. The van der Waals surface area contributed by atoms with Gasteiger partial charge in [-0.2, -0.15) is 10.2 Å². The summed E-state index contributed by atoms with van der Waals surface area (Å²) >= 11 is 0. The molecule has 3 unspecified atom stereocenters. The summed E-state index contributed by atoms with van der Waals surface area (Å²) in [6.07, 6.45) is 6.10. The lowest BCUT2D eigenvalue weighted by atomic mass is 9.99. The van der Waals surface area contributed by atoms with Gasteiger partial charge < -0.3 is 24.0 Å². The van der Waals surface area contributed by atoms with E-state index in [9.17, 15) is 4.79 Å². The largest absolute Gasteiger partial charge is 0.491 e. The van der Waals surface area contributed by atoms with Crippen molar-refractivity contribution in [3.63, 3.8) is 0 Å². The third-order valence-corrected chi connectivity index (χ3v) is 10.6. The molecule has 4 heterocycles. The van der Waals surface area contributed by atoms with Crippen LogP contribution in [-0.2, 0) is 26.6 Å². The number of anilines is 2. The van der Waals surface area contributed by atoms with E-state index in [1.54, 1.807) is 17.4 Å². The van der Waals surface area contributed by atoms with Crippen molar-refractivity contribution in [1.29, 1.82) is 0 Å². The monoisotopic (exact) mass is 710 g/mol. The summed E-state index contributed by atoms with van der Waals surface area (Å²) in [5, 5.41) is 10.4. The Morgan fingerprint density at radius 1 is 0.830 bits per heavy atom. The summed E-state index contributed by atoms with van der Waals surface area (Å²) in [7, 11) is 0. The standard InChI is InChI=1S/C43H46N6O4/c1-3-32(2)49-42(50)41(28-45-49)35-12-16-37(17-13-35)46-24-26-47(27-25-46)38-18-20-39(21-19-38)51-29-40-30-52-43(53-40,31-48-23-7-22-44-48)36-14-10-34(11-15-36)33-8-5-4-6-9-33/h4-23,28,32,40-41H,3,24-27,29-31H2,1-2H3/t32?,40?,41-,43?/m0/s1. The lowest BCUT2D eigenvalue weighted by Gasteiger charge is -2.37. The maximum atomic E-state index is 12.9. The zero-order valence-electron chi connectivity index (χ0n) is 30.3. The highest BCUT2D eigenvalue weighted by atomic mass is 16.8. The van der Waals surface area contributed by atoms with E-state index in [0.29, 0.717) is 19.8 Å². The molecule has 53 heavy (non-hydrogen) atoms. The van der Waals surface area contributed by atoms with Gasteiger partial charge in [0.2, 0.25) is 5.79 Å². The Kier molecular flexibility index (Phi) is 9.97. The highest BCUT2D eigenvalue weighted by molar-refractivity contribution is 6.02. The maximum absolute atomic E-state index is 12.9. The molecule has 0 bridgehead atoms. The van der Waals surface area contributed by atoms with Crippen LogP contribution < -0.4 is 14.5 Å². The summed E-state index contributed by atoms with van der Waals surface area (Å²) < 4.78 is 21.2. The van der Waals surface area contributed by atoms with Crippen LogP contribution in [0.5, 0.6) is 5.75 Å². The number of benzene rings is 4. The molecule has 10 nitrogen and oxygen atoms in total. The van der Waals surface area contributed by atoms with Crippen LogP contribution in [-0.4, -0.2) is 78.4 Å². The topological polar surface area (TPSA) is 84.7 Å². The summed E-state index contributed by atoms with van der Waals surface area (Å²) in [4.78, 5) is 17.7. The summed E-state index contributed by atoms with van der Waals surface area (Å²) in [6, 6.07) is 37.5. The summed E-state index contributed by atoms with van der Waals surface area (Å²) in [5.74, 6) is -0.415. The SMILES string of the molecule is CCC(C)N1N=C[C@@H](c2ccc(N3CCN(c4ccc(OCC5COC(Cn6cccn6)(c6ccc(-c7ccccc7)cc6)O5)cc4)CC3)cc2)C1=O. The molecule has 0 spiro atoms. The van der Waals surface area contributed by atoms with Gasteiger partial charge in [-0.1, -0.05) is 73.7 Å². The molecule has 3 aliphatic heterocycles. The number of carbonyl (C=O) groups excluding carboxylic acids is 1. The molecule has 0 saturated carbocycles. The lowest BCUT2D eigenvalue weighted by molar-refractivity contribution is -0.190. The van der Waals surface area contributed by atoms with E-state index >= 15 is 0 Å². The molecular weight excluding hydrogens is 665 g/mol. The second-order valence-electron chi connectivity index (χ2n) is 14.0. The number of ether oxygens (including phenoxy) is 3. The maximum Gasteiger partial charge on any atom is 0.255 e. The van der Waals surface area contributed by atoms with Gasteiger partial charge in [-0.25, -0.2) is 5.01 Å². The minimum Gasteiger partial charge on any atom is -0.491 e. The highest BCUT2D eigenvalue weighted by Gasteiger charge is 2.44. The number of hydrogen-bond acceptors (Lipinski definition) is 8. The number of carbonyl (C=O) groups is 1. The first kappa shape index (κ1) is 34.6. The van der Waals surface area contributed by atoms with Crippen LogP contribution in [0, 0.1) is 0 Å². The second kappa shape index (κ2) is 15.3. The zero-order chi connectivity index (χ0) is 36.2. The van der Waals surface area contributed by atoms with E-state index in [4.69, 9.17) is 14.2 Å². The van der Waals surface area contributed by atoms with Crippen LogP contribution >= 0.6 is 0 Å². The number of amides is 1. The molecule has 1 aromatic heterocycles. The molecule has 4 aromatic carbocycles. The molecule has 5 aromatic rings. The van der Waals surface area contributed by atoms with Crippen molar-refractivity contribution < 1.29 is 19.0 Å². The van der Waals surface area contributed by atoms with Crippen molar-refractivity contribution in [3.8, 4) is 16.9 Å². The average molecular weight is 711 g/mol. The van der Waals surface area contributed by atoms with Crippen molar-refractivity contribution in [2.45, 2.75) is 50.7 Å². The number of hydrogen-bond donors (Lipinski definition) is 0. The number of aromatic nitrogens is 2. The lowest BCUT2D eigenvalue weighted by Crippen LogP contribution is -2.46. The first-order valence-electron chi connectivity index (χ1n) is 18.6. The van der Waals surface area contributed by atoms with Crippen molar-refractivity contribution in [1.82, 2.24) is 14.8 Å². The third kappa shape index (κ3) is 7.42. The van der Waals surface area contributed by atoms with Gasteiger partial charge in [0.25, 0.3) is 5.91 Å². The molecule has 0 aliphatic carbocycles. The Balaban J connectivity index is 0.841. The van der Waals surface area contributed by atoms with Gasteiger partial charge in [-0.05, 0) is 72.5 Å². The van der Waals surface area contributed by atoms with Crippen molar-refractivity contribution in [3.05, 3.63) is 133 Å². The molecule has 1 amide bonds. The Bertz CT molecular complexity index is 1980. The van der Waals surface area contributed by atoms with Crippen LogP contribution in [0.15, 0.2) is 127 Å². The molecule has 272 valence electrons. The van der Waals surface area contributed by atoms with Gasteiger partial charge in [0.1, 0.15) is 24.4 Å². The Morgan fingerprint density at radius 2 is 1.49 bits per heavy atom. The molecule has 0 N–H and O–H groups in total. The minimum atomic E-state index is -0.970. The van der Waals surface area contributed by atoms with E-state index in [0.717, 1.165) is 55.0 Å². The average Bonchev–Trinajstić information content (AvgIpc) is 3.99. The minimum absolute atomic E-state index is 0.0579. The van der Waals surface area contributed by atoms with Crippen molar-refractivity contribution >= 4 is 23.5 Å². The molecule has 4 atom stereocenters. The first-order valence-corrected chi connectivity index (χ1v) is 18.6. The van der Waals surface area contributed by atoms with E-state index in [2.05, 4.69) is 99.7 Å². The van der Waals surface area contributed by atoms with Crippen LogP contribution in [0.4, 0.5) is 11.4 Å². The van der Waals surface area contributed by atoms with Gasteiger partial charge in [-0.15, -0.1) is 0 Å². The first-order chi connectivity index (χ1) is 26.0. The highest BCUT2D eigenvalue weighted by Crippen LogP contribution is 2.37. The van der Waals surface area contributed by atoms with E-state index < -0.39 is 5.79 Å². The number of nitrogens with zero attached hydrogens (tertiary/aromatic N) is 6. The van der Waals surface area contributed by atoms with E-state index in [1.807, 2.05) is 54.2 Å². The molecule has 10 heteroatoms. The Hall–Kier alpha value is -5.45. The molecule has 0 radical (unpaired) electrons. The Labute approximate surface area is 311 Å². The normalized spacial score (nSPS) is 22.1. The molecule has 2 fully saturated rings. The van der Waals surface area contributed by atoms with Crippen LogP contribution in [0.3, 0.4) is 0 Å². The van der Waals surface area contributed by atoms with Gasteiger partial charge in [-0.3, -0.25) is 9.48 Å². The fraction of sp³-hybridized carbons (Fsp3) is 0.326. The fourth-order valence-electron chi connectivity index (χ4n) is 7.32. The van der Waals surface area contributed by atoms with Crippen molar-refractivity contribution in [2.75, 3.05) is 49.2 Å². The van der Waals surface area contributed by atoms with E-state index in [1.165, 1.54) is 16.9 Å². The molecule has 8 rings (SSSR count). The van der Waals surface area contributed by atoms with Gasteiger partial charge >= 0.3 is 0 Å². The summed E-state index contributed by atoms with van der Waals surface area (Å²) in [5.41, 5.74) is 6.59. The van der Waals surface area contributed by atoms with E-state index in [-0.39, 0.29) is 24.0 Å².